The fourth-order valence-corrected chi connectivity index (χ4v) is 2.09. The molecule has 8 heteroatoms. The molecule has 2 rings (SSSR count). The van der Waals surface area contributed by atoms with Crippen molar-refractivity contribution in [2.75, 3.05) is 31.3 Å². The van der Waals surface area contributed by atoms with E-state index in [4.69, 9.17) is 0 Å². The molecule has 0 aliphatic heterocycles. The normalized spacial score (nSPS) is 16.0. The van der Waals surface area contributed by atoms with Crippen molar-refractivity contribution in [3.05, 3.63) is 16.4 Å². The molecule has 1 aliphatic rings. The largest absolute Gasteiger partial charge is 0.367 e. The van der Waals surface area contributed by atoms with Crippen molar-refractivity contribution in [1.82, 2.24) is 14.9 Å². The fourth-order valence-electron chi connectivity index (χ4n) is 2.09. The molecule has 1 heterocycles. The van der Waals surface area contributed by atoms with Gasteiger partial charge in [0.05, 0.1) is 4.92 Å². The Kier molecular flexibility index (Phi) is 4.33. The van der Waals surface area contributed by atoms with Crippen LogP contribution in [0.15, 0.2) is 6.33 Å². The molecule has 1 unspecified atom stereocenters. The second-order valence-corrected chi connectivity index (χ2v) is 5.05. The van der Waals surface area contributed by atoms with E-state index in [1.165, 1.54) is 19.2 Å². The third kappa shape index (κ3) is 3.13. The van der Waals surface area contributed by atoms with Gasteiger partial charge in [-0.15, -0.1) is 0 Å². The van der Waals surface area contributed by atoms with Crippen LogP contribution in [0.5, 0.6) is 0 Å². The maximum Gasteiger partial charge on any atom is 0.353 e. The molecule has 0 bridgehead atoms. The van der Waals surface area contributed by atoms with Gasteiger partial charge in [0.2, 0.25) is 11.6 Å². The lowest BCUT2D eigenvalue weighted by molar-refractivity contribution is -0.383. The lowest BCUT2D eigenvalue weighted by Gasteiger charge is -2.24. The molecule has 1 aromatic heterocycles. The van der Waals surface area contributed by atoms with E-state index in [9.17, 15) is 10.1 Å². The molecule has 0 spiro atoms. The van der Waals surface area contributed by atoms with Gasteiger partial charge < -0.3 is 10.6 Å². The Morgan fingerprint density at radius 1 is 1.50 bits per heavy atom. The maximum atomic E-state index is 11.1. The molecule has 0 aromatic carbocycles. The summed E-state index contributed by atoms with van der Waals surface area (Å²) in [4.78, 5) is 20.8. The van der Waals surface area contributed by atoms with Gasteiger partial charge in [0.15, 0.2) is 0 Å². The van der Waals surface area contributed by atoms with Crippen LogP contribution in [0, 0.1) is 10.1 Å². The Bertz CT molecular complexity index is 491. The third-order valence-corrected chi connectivity index (χ3v) is 3.62. The van der Waals surface area contributed by atoms with Gasteiger partial charge in [-0.05, 0) is 26.8 Å². The number of aromatic nitrogens is 2. The van der Waals surface area contributed by atoms with Gasteiger partial charge in [0.1, 0.15) is 6.33 Å². The van der Waals surface area contributed by atoms with Crippen LogP contribution in [-0.4, -0.2) is 52.5 Å². The predicted octanol–water partition coefficient (Wildman–Crippen LogP) is 1.32. The van der Waals surface area contributed by atoms with Crippen molar-refractivity contribution in [3.8, 4) is 0 Å². The van der Waals surface area contributed by atoms with Crippen molar-refractivity contribution in [3.63, 3.8) is 0 Å². The average molecular weight is 280 g/mol. The zero-order chi connectivity index (χ0) is 14.7. The summed E-state index contributed by atoms with van der Waals surface area (Å²) in [6.07, 6.45) is 3.78. The van der Waals surface area contributed by atoms with Crippen LogP contribution in [0.2, 0.25) is 0 Å². The van der Waals surface area contributed by atoms with E-state index in [1.54, 1.807) is 7.05 Å². The zero-order valence-corrected chi connectivity index (χ0v) is 12.0. The zero-order valence-electron chi connectivity index (χ0n) is 12.0. The Balaban J connectivity index is 2.06. The minimum atomic E-state index is -0.469. The summed E-state index contributed by atoms with van der Waals surface area (Å²) in [7, 11) is 3.68. The summed E-state index contributed by atoms with van der Waals surface area (Å²) in [6, 6.07) is 0.940. The SMILES string of the molecule is CNc1ncnc(NCC(C)N(C)C2CC2)c1[N+](=O)[O-]. The van der Waals surface area contributed by atoms with Crippen molar-refractivity contribution in [2.24, 2.45) is 0 Å². The number of nitrogens with zero attached hydrogens (tertiary/aromatic N) is 4. The Morgan fingerprint density at radius 3 is 2.70 bits per heavy atom. The van der Waals surface area contributed by atoms with E-state index in [2.05, 4.69) is 39.5 Å². The lowest BCUT2D eigenvalue weighted by atomic mass is 10.3. The maximum absolute atomic E-state index is 11.1. The summed E-state index contributed by atoms with van der Waals surface area (Å²) in [5, 5.41) is 16.9. The van der Waals surface area contributed by atoms with Crippen molar-refractivity contribution >= 4 is 17.3 Å². The van der Waals surface area contributed by atoms with Crippen molar-refractivity contribution < 1.29 is 4.92 Å². The summed E-state index contributed by atoms with van der Waals surface area (Å²) in [5.41, 5.74) is -0.115. The molecule has 0 amide bonds. The first kappa shape index (κ1) is 14.4. The molecule has 1 fully saturated rings. The summed E-state index contributed by atoms with van der Waals surface area (Å²) < 4.78 is 0. The van der Waals surface area contributed by atoms with E-state index in [1.807, 2.05) is 0 Å². The Labute approximate surface area is 117 Å². The first-order valence-corrected chi connectivity index (χ1v) is 6.67. The quantitative estimate of drug-likeness (QED) is 0.574. The molecule has 20 heavy (non-hydrogen) atoms. The molecule has 0 radical (unpaired) electrons. The van der Waals surface area contributed by atoms with Crippen LogP contribution in [0.3, 0.4) is 0 Å². The van der Waals surface area contributed by atoms with Crippen LogP contribution in [-0.2, 0) is 0 Å². The summed E-state index contributed by atoms with van der Waals surface area (Å²) in [5.74, 6) is 0.473. The lowest BCUT2D eigenvalue weighted by Crippen LogP contribution is -2.36. The predicted molar refractivity (Wildman–Crippen MR) is 77.0 cm³/mol. The number of nitrogens with one attached hydrogen (secondary N) is 2. The van der Waals surface area contributed by atoms with E-state index in [0.717, 1.165) is 0 Å². The average Bonchev–Trinajstić information content (AvgIpc) is 3.27. The van der Waals surface area contributed by atoms with Crippen molar-refractivity contribution in [1.29, 1.82) is 0 Å². The Morgan fingerprint density at radius 2 is 2.15 bits per heavy atom. The number of rotatable bonds is 7. The van der Waals surface area contributed by atoms with E-state index >= 15 is 0 Å². The van der Waals surface area contributed by atoms with E-state index < -0.39 is 4.92 Å². The first-order valence-electron chi connectivity index (χ1n) is 6.67. The molecule has 2 N–H and O–H groups in total. The third-order valence-electron chi connectivity index (χ3n) is 3.62. The number of nitro groups is 1. The standard InChI is InChI=1S/C12H20N6O2/c1-8(17(3)9-4-5-9)6-14-12-10(18(19)20)11(13-2)15-7-16-12/h7-9H,4-6H2,1-3H3,(H2,13,14,15,16). The minimum Gasteiger partial charge on any atom is -0.367 e. The highest BCUT2D eigenvalue weighted by molar-refractivity contribution is 5.68. The smallest absolute Gasteiger partial charge is 0.353 e. The van der Waals surface area contributed by atoms with Crippen LogP contribution in [0.1, 0.15) is 19.8 Å². The summed E-state index contributed by atoms with van der Waals surface area (Å²) in [6.45, 7) is 2.70. The number of hydrogen-bond donors (Lipinski definition) is 2. The van der Waals surface area contributed by atoms with Crippen LogP contribution in [0.4, 0.5) is 17.3 Å². The highest BCUT2D eigenvalue weighted by Gasteiger charge is 2.29. The van der Waals surface area contributed by atoms with Gasteiger partial charge >= 0.3 is 5.69 Å². The van der Waals surface area contributed by atoms with Crippen LogP contribution >= 0.6 is 0 Å². The fraction of sp³-hybridized carbons (Fsp3) is 0.667. The van der Waals surface area contributed by atoms with Gasteiger partial charge in [-0.1, -0.05) is 0 Å². The number of anilines is 2. The highest BCUT2D eigenvalue weighted by Crippen LogP contribution is 2.29. The Hall–Kier alpha value is -1.96. The van der Waals surface area contributed by atoms with E-state index in [0.29, 0.717) is 12.6 Å². The van der Waals surface area contributed by atoms with Gasteiger partial charge in [-0.25, -0.2) is 9.97 Å². The number of hydrogen-bond acceptors (Lipinski definition) is 7. The van der Waals surface area contributed by atoms with Gasteiger partial charge in [-0.3, -0.25) is 15.0 Å². The second kappa shape index (κ2) is 6.00. The molecular formula is C12H20N6O2. The molecule has 1 aromatic rings. The molecule has 1 saturated carbocycles. The van der Waals surface area contributed by atoms with Gasteiger partial charge in [-0.2, -0.15) is 0 Å². The van der Waals surface area contributed by atoms with Crippen LogP contribution < -0.4 is 10.6 Å². The molecule has 0 saturated heterocycles. The first-order chi connectivity index (χ1) is 9.54. The van der Waals surface area contributed by atoms with Crippen molar-refractivity contribution in [2.45, 2.75) is 31.8 Å². The minimum absolute atomic E-state index is 0.115. The van der Waals surface area contributed by atoms with Gasteiger partial charge in [0, 0.05) is 25.7 Å². The molecule has 110 valence electrons. The molecule has 1 atom stereocenters. The summed E-state index contributed by atoms with van der Waals surface area (Å²) >= 11 is 0. The molecular weight excluding hydrogens is 260 g/mol. The topological polar surface area (TPSA) is 96.2 Å². The highest BCUT2D eigenvalue weighted by atomic mass is 16.6. The van der Waals surface area contributed by atoms with E-state index in [-0.39, 0.29) is 23.4 Å². The van der Waals surface area contributed by atoms with Crippen LogP contribution in [0.25, 0.3) is 0 Å². The monoisotopic (exact) mass is 280 g/mol. The number of likely N-dealkylation sites (N-methyl/N-ethyl adjacent to an activating group) is 1. The second-order valence-electron chi connectivity index (χ2n) is 5.05. The molecule has 8 nitrogen and oxygen atoms in total. The molecule has 1 aliphatic carbocycles. The van der Waals surface area contributed by atoms with Gasteiger partial charge in [0.25, 0.3) is 0 Å².